The predicted molar refractivity (Wildman–Crippen MR) is 64.9 cm³/mol. The Kier molecular flexibility index (Phi) is 4.58. The average Bonchev–Trinajstić information content (AvgIpc) is 3.20. The van der Waals surface area contributed by atoms with Crippen molar-refractivity contribution in [2.24, 2.45) is 5.92 Å². The zero-order valence-electron chi connectivity index (χ0n) is 10.8. The highest BCUT2D eigenvalue weighted by molar-refractivity contribution is 5.77. The van der Waals surface area contributed by atoms with Crippen LogP contribution in [0.3, 0.4) is 0 Å². The lowest BCUT2D eigenvalue weighted by atomic mass is 9.87. The van der Waals surface area contributed by atoms with Crippen LogP contribution in [0, 0.1) is 5.92 Å². The molecule has 2 aliphatic carbocycles. The third-order valence-corrected chi connectivity index (χ3v) is 3.60. The van der Waals surface area contributed by atoms with Gasteiger partial charge in [-0.3, -0.25) is 9.59 Å². The monoisotopic (exact) mass is 255 g/mol. The second-order valence-corrected chi connectivity index (χ2v) is 5.15. The first-order chi connectivity index (χ1) is 8.69. The van der Waals surface area contributed by atoms with Gasteiger partial charge in [0, 0.05) is 6.04 Å². The van der Waals surface area contributed by atoms with E-state index in [2.05, 4.69) is 5.32 Å². The van der Waals surface area contributed by atoms with E-state index >= 15 is 0 Å². The van der Waals surface area contributed by atoms with E-state index in [1.54, 1.807) is 0 Å². The van der Waals surface area contributed by atoms with E-state index in [1.165, 1.54) is 7.11 Å². The van der Waals surface area contributed by atoms with Gasteiger partial charge < -0.3 is 14.8 Å². The molecule has 0 unspecified atom stereocenters. The summed E-state index contributed by atoms with van der Waals surface area (Å²) in [7, 11) is 1.42. The Morgan fingerprint density at radius 1 is 1.11 bits per heavy atom. The van der Waals surface area contributed by atoms with Crippen LogP contribution in [-0.4, -0.2) is 37.7 Å². The molecule has 0 aliphatic heterocycles. The van der Waals surface area contributed by atoms with E-state index in [0.29, 0.717) is 6.04 Å². The molecule has 0 atom stereocenters. The van der Waals surface area contributed by atoms with E-state index in [1.807, 2.05) is 0 Å². The second-order valence-electron chi connectivity index (χ2n) is 5.15. The van der Waals surface area contributed by atoms with E-state index in [-0.39, 0.29) is 30.5 Å². The van der Waals surface area contributed by atoms with Crippen LogP contribution in [0.25, 0.3) is 0 Å². The molecule has 0 heterocycles. The van der Waals surface area contributed by atoms with Crippen LogP contribution in [0.2, 0.25) is 0 Å². The molecular formula is C13H21NO4. The first-order valence-electron chi connectivity index (χ1n) is 6.68. The number of amides is 1. The minimum absolute atomic E-state index is 0.00939. The molecule has 0 aromatic carbocycles. The molecule has 0 saturated heterocycles. The summed E-state index contributed by atoms with van der Waals surface area (Å²) in [6.07, 6.45) is 5.54. The van der Waals surface area contributed by atoms with Crippen molar-refractivity contribution < 1.29 is 19.1 Å². The normalized spacial score (nSPS) is 27.6. The molecule has 1 amide bonds. The highest BCUT2D eigenvalue weighted by atomic mass is 16.5. The Bertz CT molecular complexity index is 306. The molecule has 102 valence electrons. The molecule has 0 spiro atoms. The molecule has 1 N–H and O–H groups in total. The minimum Gasteiger partial charge on any atom is -0.469 e. The van der Waals surface area contributed by atoms with Crippen LogP contribution in [0.5, 0.6) is 0 Å². The Morgan fingerprint density at radius 3 is 2.33 bits per heavy atom. The summed E-state index contributed by atoms with van der Waals surface area (Å²) >= 11 is 0. The Hall–Kier alpha value is -1.10. The number of carbonyl (C=O) groups is 2. The minimum atomic E-state index is -0.125. The molecule has 5 heteroatoms. The third-order valence-electron chi connectivity index (χ3n) is 3.60. The van der Waals surface area contributed by atoms with Crippen LogP contribution in [0.1, 0.15) is 38.5 Å². The van der Waals surface area contributed by atoms with Gasteiger partial charge in [-0.1, -0.05) is 0 Å². The SMILES string of the molecule is COC(=O)C1CCC(OCC(=O)NC2CC2)CC1. The number of ether oxygens (including phenoxy) is 2. The smallest absolute Gasteiger partial charge is 0.308 e. The molecule has 2 rings (SSSR count). The van der Waals surface area contributed by atoms with Crippen molar-refractivity contribution in [1.29, 1.82) is 0 Å². The lowest BCUT2D eigenvalue weighted by molar-refractivity contribution is -0.148. The lowest BCUT2D eigenvalue weighted by Crippen LogP contribution is -2.33. The Balaban J connectivity index is 1.60. The highest BCUT2D eigenvalue weighted by Crippen LogP contribution is 2.27. The van der Waals surface area contributed by atoms with Gasteiger partial charge >= 0.3 is 5.97 Å². The van der Waals surface area contributed by atoms with Gasteiger partial charge in [-0.25, -0.2) is 0 Å². The largest absolute Gasteiger partial charge is 0.469 e. The molecule has 0 bridgehead atoms. The number of nitrogens with one attached hydrogen (secondary N) is 1. The van der Waals surface area contributed by atoms with E-state index < -0.39 is 0 Å². The zero-order valence-corrected chi connectivity index (χ0v) is 10.8. The van der Waals surface area contributed by atoms with Crippen molar-refractivity contribution in [1.82, 2.24) is 5.32 Å². The van der Waals surface area contributed by atoms with Crippen LogP contribution >= 0.6 is 0 Å². The van der Waals surface area contributed by atoms with Gasteiger partial charge in [0.1, 0.15) is 6.61 Å². The van der Waals surface area contributed by atoms with Crippen LogP contribution in [-0.2, 0) is 19.1 Å². The molecule has 0 aromatic rings. The number of methoxy groups -OCH3 is 1. The van der Waals surface area contributed by atoms with Crippen LogP contribution in [0.4, 0.5) is 0 Å². The Morgan fingerprint density at radius 2 is 1.78 bits per heavy atom. The van der Waals surface area contributed by atoms with Crippen molar-refractivity contribution in [3.63, 3.8) is 0 Å². The first-order valence-corrected chi connectivity index (χ1v) is 6.68. The number of esters is 1. The van der Waals surface area contributed by atoms with E-state index in [4.69, 9.17) is 9.47 Å². The Labute approximate surface area is 107 Å². The first kappa shape index (κ1) is 13.3. The maximum absolute atomic E-state index is 11.4. The van der Waals surface area contributed by atoms with Gasteiger partial charge in [0.2, 0.25) is 5.91 Å². The molecule has 0 aromatic heterocycles. The van der Waals surface area contributed by atoms with E-state index in [9.17, 15) is 9.59 Å². The maximum Gasteiger partial charge on any atom is 0.308 e. The molecular weight excluding hydrogens is 234 g/mol. The fourth-order valence-electron chi connectivity index (χ4n) is 2.32. The van der Waals surface area contributed by atoms with Gasteiger partial charge in [-0.2, -0.15) is 0 Å². The number of carbonyl (C=O) groups excluding carboxylic acids is 2. The van der Waals surface area contributed by atoms with Crippen LogP contribution < -0.4 is 5.32 Å². The number of hydrogen-bond donors (Lipinski definition) is 1. The standard InChI is InChI=1S/C13H21NO4/c1-17-13(16)9-2-6-11(7-3-9)18-8-12(15)14-10-4-5-10/h9-11H,2-8H2,1H3,(H,14,15). The molecule has 2 aliphatic rings. The van der Waals surface area contributed by atoms with Crippen molar-refractivity contribution in [3.8, 4) is 0 Å². The zero-order chi connectivity index (χ0) is 13.0. The lowest BCUT2D eigenvalue weighted by Gasteiger charge is -2.26. The summed E-state index contributed by atoms with van der Waals surface area (Å²) < 4.78 is 10.3. The average molecular weight is 255 g/mol. The van der Waals surface area contributed by atoms with Crippen LogP contribution in [0.15, 0.2) is 0 Å². The van der Waals surface area contributed by atoms with Gasteiger partial charge in [-0.15, -0.1) is 0 Å². The summed E-state index contributed by atoms with van der Waals surface area (Å²) in [5.41, 5.74) is 0. The summed E-state index contributed by atoms with van der Waals surface area (Å²) in [5.74, 6) is -0.136. The summed E-state index contributed by atoms with van der Waals surface area (Å²) in [5, 5.41) is 2.89. The summed E-state index contributed by atoms with van der Waals surface area (Å²) in [6.45, 7) is 0.143. The van der Waals surface area contributed by atoms with Gasteiger partial charge in [0.15, 0.2) is 0 Å². The number of rotatable bonds is 5. The van der Waals surface area contributed by atoms with Crippen molar-refractivity contribution in [2.75, 3.05) is 13.7 Å². The molecule has 2 saturated carbocycles. The highest BCUT2D eigenvalue weighted by Gasteiger charge is 2.28. The topological polar surface area (TPSA) is 64.6 Å². The van der Waals surface area contributed by atoms with Crippen molar-refractivity contribution in [3.05, 3.63) is 0 Å². The van der Waals surface area contributed by atoms with Crippen molar-refractivity contribution in [2.45, 2.75) is 50.7 Å². The van der Waals surface area contributed by atoms with Gasteiger partial charge in [-0.05, 0) is 38.5 Å². The van der Waals surface area contributed by atoms with Gasteiger partial charge in [0.05, 0.1) is 19.1 Å². The molecule has 5 nitrogen and oxygen atoms in total. The van der Waals surface area contributed by atoms with Crippen molar-refractivity contribution >= 4 is 11.9 Å². The second kappa shape index (κ2) is 6.18. The van der Waals surface area contributed by atoms with Gasteiger partial charge in [0.25, 0.3) is 0 Å². The fourth-order valence-corrected chi connectivity index (χ4v) is 2.32. The number of hydrogen-bond acceptors (Lipinski definition) is 4. The predicted octanol–water partition coefficient (Wildman–Crippen LogP) is 1.01. The molecule has 18 heavy (non-hydrogen) atoms. The molecule has 2 fully saturated rings. The fraction of sp³-hybridized carbons (Fsp3) is 0.846. The summed E-state index contributed by atoms with van der Waals surface area (Å²) in [4.78, 5) is 22.8. The third kappa shape index (κ3) is 3.98. The summed E-state index contributed by atoms with van der Waals surface area (Å²) in [6, 6.07) is 0.385. The van der Waals surface area contributed by atoms with E-state index in [0.717, 1.165) is 38.5 Å². The maximum atomic E-state index is 11.4. The molecule has 0 radical (unpaired) electrons. The quantitative estimate of drug-likeness (QED) is 0.745.